The van der Waals surface area contributed by atoms with E-state index in [0.29, 0.717) is 0 Å². The predicted octanol–water partition coefficient (Wildman–Crippen LogP) is -1.61. The van der Waals surface area contributed by atoms with Crippen LogP contribution in [0.25, 0.3) is 0 Å². The van der Waals surface area contributed by atoms with Crippen LogP contribution in [0.4, 0.5) is 5.69 Å². The molecule has 2 N–H and O–H groups in total. The smallest absolute Gasteiger partial charge is 0.246 e. The molecule has 4 heterocycles. The molecule has 8 heteroatoms. The average molecular weight is 312 g/mol. The molecular weight excluding hydrogens is 300 g/mol. The third-order valence-electron chi connectivity index (χ3n) is 5.17. The molecule has 0 aliphatic carbocycles. The molecule has 0 saturated carbocycles. The number of hydrazine groups is 1. The average Bonchev–Trinajstić information content (AvgIpc) is 3.21. The van der Waals surface area contributed by atoms with Gasteiger partial charge >= 0.3 is 0 Å². The number of nitrogens with zero attached hydrogens (tertiary/aromatic N) is 2. The first kappa shape index (κ1) is 12.8. The largest absolute Gasteiger partial charge is 0.299 e. The fraction of sp³-hybridized carbons (Fsp3) is 0.333. The van der Waals surface area contributed by atoms with Crippen LogP contribution in [0.3, 0.4) is 0 Å². The van der Waals surface area contributed by atoms with Crippen molar-refractivity contribution in [2.45, 2.75) is 18.1 Å². The minimum absolute atomic E-state index is 0.376. The highest BCUT2D eigenvalue weighted by molar-refractivity contribution is 6.14. The number of imide groups is 2. The summed E-state index contributed by atoms with van der Waals surface area (Å²) in [5.41, 5.74) is 0.766. The number of hydrogen-bond donors (Lipinski definition) is 2. The lowest BCUT2D eigenvalue weighted by Crippen LogP contribution is -2.52. The summed E-state index contributed by atoms with van der Waals surface area (Å²) in [5.74, 6) is -2.85. The summed E-state index contributed by atoms with van der Waals surface area (Å²) in [6.07, 6.45) is 0. The topological polar surface area (TPSA) is 98.8 Å². The Morgan fingerprint density at radius 3 is 1.78 bits per heavy atom. The molecule has 2 unspecified atom stereocenters. The van der Waals surface area contributed by atoms with Crippen molar-refractivity contribution in [1.29, 1.82) is 0 Å². The number of fused-ring (bicyclic) bond motifs is 8. The van der Waals surface area contributed by atoms with Crippen LogP contribution in [0.2, 0.25) is 0 Å². The molecule has 8 nitrogen and oxygen atoms in total. The van der Waals surface area contributed by atoms with Crippen molar-refractivity contribution in [1.82, 2.24) is 15.6 Å². The van der Waals surface area contributed by atoms with E-state index in [4.69, 9.17) is 0 Å². The van der Waals surface area contributed by atoms with E-state index in [-0.39, 0.29) is 11.8 Å². The van der Waals surface area contributed by atoms with E-state index in [0.717, 1.165) is 5.69 Å². The van der Waals surface area contributed by atoms with Gasteiger partial charge in [0, 0.05) is 0 Å². The van der Waals surface area contributed by atoms with Crippen molar-refractivity contribution in [3.05, 3.63) is 30.3 Å². The number of piperidine rings is 1. The van der Waals surface area contributed by atoms with E-state index in [9.17, 15) is 19.2 Å². The molecule has 1 aromatic rings. The number of anilines is 1. The molecule has 2 bridgehead atoms. The van der Waals surface area contributed by atoms with E-state index < -0.39 is 41.8 Å². The predicted molar refractivity (Wildman–Crippen MR) is 75.4 cm³/mol. The highest BCUT2D eigenvalue weighted by atomic mass is 16.2. The van der Waals surface area contributed by atoms with Crippen molar-refractivity contribution in [2.24, 2.45) is 11.8 Å². The van der Waals surface area contributed by atoms with Gasteiger partial charge in [-0.2, -0.15) is 5.01 Å². The number of rotatable bonds is 1. The summed E-state index contributed by atoms with van der Waals surface area (Å²) in [6, 6.07) is 7.22. The summed E-state index contributed by atoms with van der Waals surface area (Å²) < 4.78 is 0. The molecule has 0 spiro atoms. The molecule has 116 valence electrons. The van der Waals surface area contributed by atoms with Gasteiger partial charge in [0.15, 0.2) is 0 Å². The first-order chi connectivity index (χ1) is 11.1. The molecule has 6 atom stereocenters. The third-order valence-corrected chi connectivity index (χ3v) is 5.17. The van der Waals surface area contributed by atoms with E-state index >= 15 is 0 Å². The summed E-state index contributed by atoms with van der Waals surface area (Å²) in [4.78, 5) is 48.8. The van der Waals surface area contributed by atoms with Crippen molar-refractivity contribution < 1.29 is 19.2 Å². The Balaban J connectivity index is 1.70. The summed E-state index contributed by atoms with van der Waals surface area (Å²) in [6.45, 7) is 0. The molecule has 4 saturated heterocycles. The second-order valence-electron chi connectivity index (χ2n) is 6.20. The van der Waals surface area contributed by atoms with Crippen molar-refractivity contribution >= 4 is 29.3 Å². The first-order valence-corrected chi connectivity index (χ1v) is 7.41. The lowest BCUT2D eigenvalue weighted by Gasteiger charge is -2.31. The molecule has 1 aromatic carbocycles. The molecule has 4 aliphatic heterocycles. The summed E-state index contributed by atoms with van der Waals surface area (Å²) in [5, 5.41) is 8.05. The summed E-state index contributed by atoms with van der Waals surface area (Å²) >= 11 is 0. The Morgan fingerprint density at radius 2 is 1.26 bits per heavy atom. The van der Waals surface area contributed by atoms with Crippen LogP contribution in [0, 0.1) is 11.8 Å². The van der Waals surface area contributed by atoms with Crippen LogP contribution in [-0.4, -0.2) is 46.8 Å². The van der Waals surface area contributed by atoms with Gasteiger partial charge in [-0.05, 0) is 12.1 Å². The molecular formula is C15H12N4O4. The van der Waals surface area contributed by atoms with Crippen molar-refractivity contribution in [3.63, 3.8) is 0 Å². The quantitative estimate of drug-likeness (QED) is 0.605. The van der Waals surface area contributed by atoms with E-state index in [1.807, 2.05) is 30.3 Å². The maximum atomic E-state index is 12.2. The number of amides is 4. The Labute approximate surface area is 130 Å². The number of carbonyl (C=O) groups is 4. The normalized spacial score (nSPS) is 40.3. The second kappa shape index (κ2) is 3.96. The Hall–Kier alpha value is -2.74. The van der Waals surface area contributed by atoms with Crippen molar-refractivity contribution in [3.8, 4) is 0 Å². The number of para-hydroxylation sites is 1. The maximum Gasteiger partial charge on any atom is 0.246 e. The Kier molecular flexibility index (Phi) is 2.20. The number of nitrogens with one attached hydrogen (secondary N) is 2. The highest BCUT2D eigenvalue weighted by Crippen LogP contribution is 2.51. The lowest BCUT2D eigenvalue weighted by atomic mass is 9.80. The first-order valence-electron chi connectivity index (χ1n) is 7.41. The van der Waals surface area contributed by atoms with Gasteiger partial charge in [0.05, 0.1) is 23.6 Å². The number of carbonyl (C=O) groups excluding carboxylic acids is 4. The zero-order valence-electron chi connectivity index (χ0n) is 11.8. The monoisotopic (exact) mass is 312 g/mol. The molecule has 23 heavy (non-hydrogen) atoms. The minimum atomic E-state index is -0.731. The number of hydrogen-bond acceptors (Lipinski definition) is 6. The van der Waals surface area contributed by atoms with Crippen LogP contribution in [0.5, 0.6) is 0 Å². The van der Waals surface area contributed by atoms with Gasteiger partial charge in [-0.3, -0.25) is 34.8 Å². The highest BCUT2D eigenvalue weighted by Gasteiger charge is 2.73. The van der Waals surface area contributed by atoms with Gasteiger partial charge in [-0.1, -0.05) is 18.2 Å². The van der Waals surface area contributed by atoms with Gasteiger partial charge in [0.25, 0.3) is 0 Å². The van der Waals surface area contributed by atoms with E-state index in [1.165, 1.54) is 0 Å². The van der Waals surface area contributed by atoms with Gasteiger partial charge in [-0.25, -0.2) is 0 Å². The van der Waals surface area contributed by atoms with E-state index in [1.54, 1.807) is 10.0 Å². The molecule has 5 rings (SSSR count). The molecule has 4 aliphatic rings. The minimum Gasteiger partial charge on any atom is -0.299 e. The third kappa shape index (κ3) is 1.35. The number of benzene rings is 1. The lowest BCUT2D eigenvalue weighted by molar-refractivity contribution is -0.129. The van der Waals surface area contributed by atoms with Crippen LogP contribution in [-0.2, 0) is 19.2 Å². The maximum absolute atomic E-state index is 12.2. The van der Waals surface area contributed by atoms with Gasteiger partial charge in [-0.15, -0.1) is 0 Å². The van der Waals surface area contributed by atoms with Gasteiger partial charge in [0.2, 0.25) is 23.6 Å². The second-order valence-corrected chi connectivity index (χ2v) is 6.20. The zero-order valence-corrected chi connectivity index (χ0v) is 11.8. The van der Waals surface area contributed by atoms with Crippen LogP contribution in [0.1, 0.15) is 0 Å². The van der Waals surface area contributed by atoms with Gasteiger partial charge in [0.1, 0.15) is 12.1 Å². The van der Waals surface area contributed by atoms with Crippen LogP contribution >= 0.6 is 0 Å². The Morgan fingerprint density at radius 1 is 0.739 bits per heavy atom. The van der Waals surface area contributed by atoms with Crippen molar-refractivity contribution in [2.75, 3.05) is 5.01 Å². The fourth-order valence-electron chi connectivity index (χ4n) is 4.43. The molecule has 0 aromatic heterocycles. The van der Waals surface area contributed by atoms with Gasteiger partial charge < -0.3 is 0 Å². The zero-order chi connectivity index (χ0) is 15.9. The fourth-order valence-corrected chi connectivity index (χ4v) is 4.43. The van der Waals surface area contributed by atoms with Crippen LogP contribution < -0.4 is 15.6 Å². The molecule has 4 fully saturated rings. The Bertz CT molecular complexity index is 693. The van der Waals surface area contributed by atoms with E-state index in [2.05, 4.69) is 10.6 Å². The standard InChI is InChI=1S/C15H12N4O4/c20-12-7-9-8-11(15(23)17-13(8)21)19(10(7)14(22)16-12)18(9)6-4-2-1-3-5-6/h1-5,7-11H,(H,16,20,22)(H,17,21,23)/t7-,8+,9?,10+,11-. The molecule has 0 radical (unpaired) electrons. The summed E-state index contributed by atoms with van der Waals surface area (Å²) in [7, 11) is 0. The molecule has 4 amide bonds. The SMILES string of the molecule is O=C1NC(=O)[C@@H]2[C@H]1C1[C@@H]3C(=O)NC(=O)[C@@H]3N2N1c1ccccc1. The van der Waals surface area contributed by atoms with Crippen LogP contribution in [0.15, 0.2) is 30.3 Å².